The summed E-state index contributed by atoms with van der Waals surface area (Å²) in [5.74, 6) is -0.967. The topological polar surface area (TPSA) is 48.4 Å². The SMILES string of the molecule is CCOC(=O)Cc1cc(I)c(OC(F)(F)F)nc1C. The van der Waals surface area contributed by atoms with Gasteiger partial charge in [-0.2, -0.15) is 0 Å². The number of esters is 1. The zero-order valence-electron chi connectivity index (χ0n) is 10.2. The number of rotatable bonds is 4. The first-order valence-corrected chi connectivity index (χ1v) is 6.38. The Kier molecular flexibility index (Phi) is 5.39. The second kappa shape index (κ2) is 6.40. The van der Waals surface area contributed by atoms with Crippen molar-refractivity contribution in [2.45, 2.75) is 26.6 Å². The molecule has 0 unspecified atom stereocenters. The predicted octanol–water partition coefficient (Wildman–Crippen LogP) is 3.00. The van der Waals surface area contributed by atoms with Crippen molar-refractivity contribution in [2.24, 2.45) is 0 Å². The molecule has 0 aromatic carbocycles. The van der Waals surface area contributed by atoms with Crippen LogP contribution >= 0.6 is 22.6 Å². The van der Waals surface area contributed by atoms with Crippen LogP contribution in [0.3, 0.4) is 0 Å². The van der Waals surface area contributed by atoms with Gasteiger partial charge in [-0.1, -0.05) is 0 Å². The molecule has 1 aromatic heterocycles. The second-order valence-corrected chi connectivity index (χ2v) is 4.71. The van der Waals surface area contributed by atoms with E-state index in [1.165, 1.54) is 13.0 Å². The molecule has 0 atom stereocenters. The van der Waals surface area contributed by atoms with Crippen LogP contribution in [0.5, 0.6) is 5.88 Å². The van der Waals surface area contributed by atoms with Crippen molar-refractivity contribution in [1.82, 2.24) is 4.98 Å². The largest absolute Gasteiger partial charge is 0.574 e. The Labute approximate surface area is 121 Å². The molecule has 0 N–H and O–H groups in total. The van der Waals surface area contributed by atoms with E-state index in [2.05, 4.69) is 9.72 Å². The number of ether oxygens (including phenoxy) is 2. The minimum Gasteiger partial charge on any atom is -0.466 e. The summed E-state index contributed by atoms with van der Waals surface area (Å²) in [6.45, 7) is 3.43. The van der Waals surface area contributed by atoms with E-state index in [0.29, 0.717) is 11.3 Å². The summed E-state index contributed by atoms with van der Waals surface area (Å²) < 4.78 is 45.1. The van der Waals surface area contributed by atoms with Crippen molar-refractivity contribution < 1.29 is 27.4 Å². The minimum absolute atomic E-state index is 0.0328. The molecule has 1 rings (SSSR count). The fourth-order valence-corrected chi connectivity index (χ4v) is 1.93. The molecule has 4 nitrogen and oxygen atoms in total. The van der Waals surface area contributed by atoms with Gasteiger partial charge in [-0.05, 0) is 48.1 Å². The second-order valence-electron chi connectivity index (χ2n) is 3.55. The highest BCUT2D eigenvalue weighted by Crippen LogP contribution is 2.27. The fraction of sp³-hybridized carbons (Fsp3) is 0.455. The maximum atomic E-state index is 12.1. The molecule has 1 aromatic rings. The van der Waals surface area contributed by atoms with Crippen LogP contribution in [-0.2, 0) is 16.0 Å². The number of aromatic nitrogens is 1. The van der Waals surface area contributed by atoms with Crippen molar-refractivity contribution in [3.05, 3.63) is 20.9 Å². The normalized spacial score (nSPS) is 11.3. The molecule has 0 saturated carbocycles. The first-order valence-electron chi connectivity index (χ1n) is 5.30. The summed E-state index contributed by atoms with van der Waals surface area (Å²) in [5, 5.41) is 0. The number of halogens is 4. The van der Waals surface area contributed by atoms with Crippen molar-refractivity contribution in [2.75, 3.05) is 6.61 Å². The number of carbonyl (C=O) groups excluding carboxylic acids is 1. The van der Waals surface area contributed by atoms with Gasteiger partial charge in [0.25, 0.3) is 0 Å². The number of carbonyl (C=O) groups is 1. The zero-order valence-corrected chi connectivity index (χ0v) is 12.3. The number of hydrogen-bond donors (Lipinski definition) is 0. The van der Waals surface area contributed by atoms with Crippen LogP contribution in [-0.4, -0.2) is 23.9 Å². The Balaban J connectivity index is 2.94. The number of alkyl halides is 3. The van der Waals surface area contributed by atoms with Gasteiger partial charge in [0.2, 0.25) is 5.88 Å². The average Bonchev–Trinajstić information content (AvgIpc) is 2.23. The van der Waals surface area contributed by atoms with Gasteiger partial charge in [0.1, 0.15) is 0 Å². The van der Waals surface area contributed by atoms with Gasteiger partial charge >= 0.3 is 12.3 Å². The number of hydrogen-bond acceptors (Lipinski definition) is 4. The molecular weight excluding hydrogens is 378 g/mol. The third-order valence-electron chi connectivity index (χ3n) is 2.09. The lowest BCUT2D eigenvalue weighted by atomic mass is 10.1. The number of aryl methyl sites for hydroxylation is 1. The van der Waals surface area contributed by atoms with E-state index < -0.39 is 18.2 Å². The summed E-state index contributed by atoms with van der Waals surface area (Å²) in [4.78, 5) is 15.0. The molecule has 0 radical (unpaired) electrons. The predicted molar refractivity (Wildman–Crippen MR) is 68.7 cm³/mol. The van der Waals surface area contributed by atoms with Gasteiger partial charge in [0, 0.05) is 5.69 Å². The molecule has 0 aliphatic carbocycles. The zero-order chi connectivity index (χ0) is 14.6. The van der Waals surface area contributed by atoms with E-state index in [4.69, 9.17) is 4.74 Å². The number of nitrogens with zero attached hydrogens (tertiary/aromatic N) is 1. The van der Waals surface area contributed by atoms with E-state index in [9.17, 15) is 18.0 Å². The van der Waals surface area contributed by atoms with Gasteiger partial charge in [-0.15, -0.1) is 13.2 Å². The highest BCUT2D eigenvalue weighted by molar-refractivity contribution is 14.1. The maximum Gasteiger partial charge on any atom is 0.574 e. The van der Waals surface area contributed by atoms with Gasteiger partial charge in [-0.3, -0.25) is 4.79 Å². The molecule has 8 heteroatoms. The lowest BCUT2D eigenvalue weighted by Crippen LogP contribution is -2.19. The van der Waals surface area contributed by atoms with E-state index in [1.54, 1.807) is 29.5 Å². The third kappa shape index (κ3) is 5.21. The maximum absolute atomic E-state index is 12.1. The first-order chi connectivity index (χ1) is 8.73. The Morgan fingerprint density at radius 2 is 2.11 bits per heavy atom. The molecule has 0 aliphatic heterocycles. The molecule has 0 fully saturated rings. The Hall–Kier alpha value is -1.06. The van der Waals surface area contributed by atoms with Crippen LogP contribution in [0.4, 0.5) is 13.2 Å². The molecule has 0 amide bonds. The standard InChI is InChI=1S/C11H11F3INO3/c1-3-18-9(17)5-7-4-8(15)10(16-6(7)2)19-11(12,13)14/h4H,3,5H2,1-2H3. The molecule has 0 saturated heterocycles. The van der Waals surface area contributed by atoms with E-state index in [0.717, 1.165) is 0 Å². The van der Waals surface area contributed by atoms with Crippen LogP contribution in [0.1, 0.15) is 18.2 Å². The van der Waals surface area contributed by atoms with Gasteiger partial charge < -0.3 is 9.47 Å². The quantitative estimate of drug-likeness (QED) is 0.587. The van der Waals surface area contributed by atoms with Crippen LogP contribution in [0.2, 0.25) is 0 Å². The van der Waals surface area contributed by atoms with E-state index in [1.807, 2.05) is 0 Å². The van der Waals surface area contributed by atoms with Crippen LogP contribution in [0.15, 0.2) is 6.07 Å². The highest BCUT2D eigenvalue weighted by atomic mass is 127. The summed E-state index contributed by atoms with van der Waals surface area (Å²) in [5.41, 5.74) is 0.810. The van der Waals surface area contributed by atoms with Gasteiger partial charge in [-0.25, -0.2) is 4.98 Å². The van der Waals surface area contributed by atoms with Gasteiger partial charge in [0.15, 0.2) is 0 Å². The van der Waals surface area contributed by atoms with Crippen molar-refractivity contribution in [3.63, 3.8) is 0 Å². The van der Waals surface area contributed by atoms with Crippen molar-refractivity contribution in [1.29, 1.82) is 0 Å². The average molecular weight is 389 g/mol. The van der Waals surface area contributed by atoms with E-state index >= 15 is 0 Å². The van der Waals surface area contributed by atoms with Gasteiger partial charge in [0.05, 0.1) is 16.6 Å². The first kappa shape index (κ1) is 16.0. The van der Waals surface area contributed by atoms with Crippen LogP contribution in [0, 0.1) is 10.5 Å². The van der Waals surface area contributed by atoms with Crippen LogP contribution in [0.25, 0.3) is 0 Å². The molecule has 19 heavy (non-hydrogen) atoms. The summed E-state index contributed by atoms with van der Waals surface area (Å²) in [7, 11) is 0. The molecule has 0 bridgehead atoms. The Bertz CT molecular complexity index is 477. The molecule has 0 aliphatic rings. The monoisotopic (exact) mass is 389 g/mol. The minimum atomic E-state index is -4.79. The molecule has 1 heterocycles. The summed E-state index contributed by atoms with van der Waals surface area (Å²) in [6, 6.07) is 1.43. The van der Waals surface area contributed by atoms with Crippen LogP contribution < -0.4 is 4.74 Å². The summed E-state index contributed by atoms with van der Waals surface area (Å²) >= 11 is 1.67. The Morgan fingerprint density at radius 1 is 1.47 bits per heavy atom. The van der Waals surface area contributed by atoms with Crippen molar-refractivity contribution in [3.8, 4) is 5.88 Å². The Morgan fingerprint density at radius 3 is 2.63 bits per heavy atom. The fourth-order valence-electron chi connectivity index (χ4n) is 1.32. The lowest BCUT2D eigenvalue weighted by Gasteiger charge is -2.12. The molecular formula is C11H11F3INO3. The highest BCUT2D eigenvalue weighted by Gasteiger charge is 2.33. The molecule has 0 spiro atoms. The van der Waals surface area contributed by atoms with E-state index in [-0.39, 0.29) is 16.6 Å². The smallest absolute Gasteiger partial charge is 0.466 e. The lowest BCUT2D eigenvalue weighted by molar-refractivity contribution is -0.276. The van der Waals surface area contributed by atoms with Crippen molar-refractivity contribution >= 4 is 28.6 Å². The third-order valence-corrected chi connectivity index (χ3v) is 2.86. The number of pyridine rings is 1. The molecule has 106 valence electrons. The summed E-state index contributed by atoms with van der Waals surface area (Å²) in [6.07, 6.45) is -4.82.